The van der Waals surface area contributed by atoms with Crippen LogP contribution in [-0.4, -0.2) is 15.4 Å². The average molecular weight is 303 g/mol. The Hall–Kier alpha value is -1.87. The van der Waals surface area contributed by atoms with Gasteiger partial charge in [-0.15, -0.1) is 11.6 Å². The minimum absolute atomic E-state index is 0.217. The zero-order chi connectivity index (χ0) is 14.8. The first-order chi connectivity index (χ1) is 10.2. The molecule has 4 heteroatoms. The second kappa shape index (κ2) is 5.86. The first-order valence-electron chi connectivity index (χ1n) is 6.93. The van der Waals surface area contributed by atoms with Crippen LogP contribution in [0.15, 0.2) is 42.5 Å². The highest BCUT2D eigenvalue weighted by Gasteiger charge is 2.11. The lowest BCUT2D eigenvalue weighted by Gasteiger charge is -2.09. The Morgan fingerprint density at radius 2 is 1.90 bits per heavy atom. The molecule has 0 aliphatic heterocycles. The molecule has 0 unspecified atom stereocenters. The van der Waals surface area contributed by atoms with Crippen LogP contribution >= 0.6 is 11.6 Å². The number of rotatable bonds is 4. The summed E-state index contributed by atoms with van der Waals surface area (Å²) in [5.41, 5.74) is 4.32. The molecule has 0 radical (unpaired) electrons. The molecule has 0 saturated heterocycles. The molecule has 1 aromatic heterocycles. The number of alkyl halides is 1. The molecule has 0 amide bonds. The Bertz CT molecular complexity index is 762. The predicted octanol–water partition coefficient (Wildman–Crippen LogP) is 4.31. The van der Waals surface area contributed by atoms with Crippen molar-refractivity contribution < 1.29 is 4.39 Å². The van der Waals surface area contributed by atoms with E-state index in [0.717, 1.165) is 28.8 Å². The molecular weight excluding hydrogens is 287 g/mol. The van der Waals surface area contributed by atoms with Crippen molar-refractivity contribution in [2.24, 2.45) is 0 Å². The zero-order valence-electron chi connectivity index (χ0n) is 11.8. The van der Waals surface area contributed by atoms with Crippen LogP contribution in [0.25, 0.3) is 11.0 Å². The van der Waals surface area contributed by atoms with Crippen molar-refractivity contribution in [2.45, 2.75) is 19.9 Å². The summed E-state index contributed by atoms with van der Waals surface area (Å²) in [5.74, 6) is 1.28. The highest BCUT2D eigenvalue weighted by Crippen LogP contribution is 2.20. The molecule has 0 fully saturated rings. The van der Waals surface area contributed by atoms with E-state index in [-0.39, 0.29) is 5.82 Å². The van der Waals surface area contributed by atoms with Gasteiger partial charge in [0.15, 0.2) is 0 Å². The minimum atomic E-state index is -0.217. The van der Waals surface area contributed by atoms with E-state index in [9.17, 15) is 4.39 Å². The second-order valence-corrected chi connectivity index (χ2v) is 5.55. The SMILES string of the molecule is Cc1ccc2nc(CCCl)n(Cc3ccc(F)cc3)c2c1. The van der Waals surface area contributed by atoms with E-state index in [1.165, 1.54) is 17.7 Å². The van der Waals surface area contributed by atoms with E-state index in [2.05, 4.69) is 28.6 Å². The number of aryl methyl sites for hydroxylation is 2. The maximum atomic E-state index is 13.0. The molecular formula is C17H16ClFN2. The van der Waals surface area contributed by atoms with Crippen LogP contribution in [0.1, 0.15) is 17.0 Å². The van der Waals surface area contributed by atoms with Gasteiger partial charge in [0, 0.05) is 18.8 Å². The Kier molecular flexibility index (Phi) is 3.93. The van der Waals surface area contributed by atoms with Crippen LogP contribution in [-0.2, 0) is 13.0 Å². The van der Waals surface area contributed by atoms with Gasteiger partial charge in [0.05, 0.1) is 11.0 Å². The molecule has 21 heavy (non-hydrogen) atoms. The van der Waals surface area contributed by atoms with Gasteiger partial charge >= 0.3 is 0 Å². The Labute approximate surface area is 128 Å². The molecule has 3 rings (SSSR count). The molecule has 2 aromatic carbocycles. The van der Waals surface area contributed by atoms with Crippen molar-refractivity contribution in [3.8, 4) is 0 Å². The first-order valence-corrected chi connectivity index (χ1v) is 7.47. The summed E-state index contributed by atoms with van der Waals surface area (Å²) in [6, 6.07) is 12.8. The van der Waals surface area contributed by atoms with Gasteiger partial charge in [-0.2, -0.15) is 0 Å². The molecule has 108 valence electrons. The summed E-state index contributed by atoms with van der Waals surface area (Å²) >= 11 is 5.89. The van der Waals surface area contributed by atoms with Gasteiger partial charge < -0.3 is 4.57 Å². The summed E-state index contributed by atoms with van der Waals surface area (Å²) in [5, 5.41) is 0. The fraction of sp³-hybridized carbons (Fsp3) is 0.235. The Morgan fingerprint density at radius 1 is 1.14 bits per heavy atom. The third kappa shape index (κ3) is 2.93. The van der Waals surface area contributed by atoms with E-state index in [4.69, 9.17) is 11.6 Å². The normalized spacial score (nSPS) is 11.2. The molecule has 0 aliphatic rings. The van der Waals surface area contributed by atoms with Crippen molar-refractivity contribution in [1.82, 2.24) is 9.55 Å². The fourth-order valence-electron chi connectivity index (χ4n) is 2.51. The Morgan fingerprint density at radius 3 is 2.62 bits per heavy atom. The number of nitrogens with zero attached hydrogens (tertiary/aromatic N) is 2. The van der Waals surface area contributed by atoms with Crippen LogP contribution in [0.5, 0.6) is 0 Å². The van der Waals surface area contributed by atoms with Crippen LogP contribution in [0.2, 0.25) is 0 Å². The van der Waals surface area contributed by atoms with Crippen LogP contribution < -0.4 is 0 Å². The van der Waals surface area contributed by atoms with Crippen LogP contribution in [0.3, 0.4) is 0 Å². The highest BCUT2D eigenvalue weighted by atomic mass is 35.5. The van der Waals surface area contributed by atoms with E-state index in [0.29, 0.717) is 12.4 Å². The number of halogens is 2. The summed E-state index contributed by atoms with van der Waals surface area (Å²) in [7, 11) is 0. The van der Waals surface area contributed by atoms with Crippen molar-refractivity contribution in [3.05, 3.63) is 65.2 Å². The van der Waals surface area contributed by atoms with Crippen molar-refractivity contribution in [1.29, 1.82) is 0 Å². The minimum Gasteiger partial charge on any atom is -0.323 e. The number of hydrogen-bond donors (Lipinski definition) is 0. The molecule has 0 atom stereocenters. The topological polar surface area (TPSA) is 17.8 Å². The lowest BCUT2D eigenvalue weighted by Crippen LogP contribution is -2.06. The maximum Gasteiger partial charge on any atom is 0.123 e. The first kappa shape index (κ1) is 14.1. The van der Waals surface area contributed by atoms with Crippen molar-refractivity contribution in [2.75, 3.05) is 5.88 Å². The standard InChI is InChI=1S/C17H16ClFN2/c1-12-2-7-15-16(10-12)21(17(20-15)8-9-18)11-13-3-5-14(19)6-4-13/h2-7,10H,8-9,11H2,1H3. The predicted molar refractivity (Wildman–Crippen MR) is 84.4 cm³/mol. The molecule has 0 spiro atoms. The molecule has 0 saturated carbocycles. The van der Waals surface area contributed by atoms with Crippen LogP contribution in [0, 0.1) is 12.7 Å². The molecule has 0 N–H and O–H groups in total. The van der Waals surface area contributed by atoms with Gasteiger partial charge in [0.1, 0.15) is 11.6 Å². The maximum absolute atomic E-state index is 13.0. The van der Waals surface area contributed by atoms with E-state index in [1.807, 2.05) is 6.07 Å². The number of fused-ring (bicyclic) bond motifs is 1. The highest BCUT2D eigenvalue weighted by molar-refractivity contribution is 6.17. The van der Waals surface area contributed by atoms with Gasteiger partial charge in [-0.1, -0.05) is 18.2 Å². The summed E-state index contributed by atoms with van der Waals surface area (Å²) in [4.78, 5) is 4.66. The zero-order valence-corrected chi connectivity index (χ0v) is 12.6. The number of hydrogen-bond acceptors (Lipinski definition) is 1. The summed E-state index contributed by atoms with van der Waals surface area (Å²) in [6.07, 6.45) is 0.719. The molecule has 0 aliphatic carbocycles. The average Bonchev–Trinajstić information content (AvgIpc) is 2.79. The summed E-state index contributed by atoms with van der Waals surface area (Å²) < 4.78 is 15.2. The third-order valence-corrected chi connectivity index (χ3v) is 3.74. The van der Waals surface area contributed by atoms with Gasteiger partial charge in [-0.3, -0.25) is 0 Å². The molecule has 2 nitrogen and oxygen atoms in total. The summed E-state index contributed by atoms with van der Waals surface area (Å²) in [6.45, 7) is 2.74. The van der Waals surface area contributed by atoms with Gasteiger partial charge in [-0.05, 0) is 42.3 Å². The van der Waals surface area contributed by atoms with Crippen molar-refractivity contribution >= 4 is 22.6 Å². The molecule has 0 bridgehead atoms. The lowest BCUT2D eigenvalue weighted by atomic mass is 10.2. The molecule has 1 heterocycles. The molecule has 3 aromatic rings. The van der Waals surface area contributed by atoms with Crippen LogP contribution in [0.4, 0.5) is 4.39 Å². The number of aromatic nitrogens is 2. The largest absolute Gasteiger partial charge is 0.323 e. The van der Waals surface area contributed by atoms with Crippen molar-refractivity contribution in [3.63, 3.8) is 0 Å². The number of benzene rings is 2. The van der Waals surface area contributed by atoms with Gasteiger partial charge in [-0.25, -0.2) is 9.37 Å². The quantitative estimate of drug-likeness (QED) is 0.657. The fourth-order valence-corrected chi connectivity index (χ4v) is 2.68. The van der Waals surface area contributed by atoms with Gasteiger partial charge in [0.2, 0.25) is 0 Å². The third-order valence-electron chi connectivity index (χ3n) is 3.55. The van der Waals surface area contributed by atoms with E-state index in [1.54, 1.807) is 12.1 Å². The second-order valence-electron chi connectivity index (χ2n) is 5.17. The van der Waals surface area contributed by atoms with Gasteiger partial charge in [0.25, 0.3) is 0 Å². The Balaban J connectivity index is 2.07. The monoisotopic (exact) mass is 302 g/mol. The number of imidazole rings is 1. The lowest BCUT2D eigenvalue weighted by molar-refractivity contribution is 0.626. The smallest absolute Gasteiger partial charge is 0.123 e. The van der Waals surface area contributed by atoms with E-state index < -0.39 is 0 Å². The van der Waals surface area contributed by atoms with E-state index >= 15 is 0 Å².